The van der Waals surface area contributed by atoms with E-state index in [0.717, 1.165) is 5.56 Å². The predicted octanol–water partition coefficient (Wildman–Crippen LogP) is 4.02. The lowest BCUT2D eigenvalue weighted by molar-refractivity contribution is -0.120. The molecule has 0 aliphatic carbocycles. The van der Waals surface area contributed by atoms with E-state index in [1.54, 1.807) is 12.1 Å². The molecule has 0 atom stereocenters. The first-order chi connectivity index (χ1) is 12.7. The summed E-state index contributed by atoms with van der Waals surface area (Å²) in [5, 5.41) is 3.09. The summed E-state index contributed by atoms with van der Waals surface area (Å²) in [6, 6.07) is 18.5. The molecule has 3 aromatic rings. The number of thiazole rings is 1. The van der Waals surface area contributed by atoms with Crippen LogP contribution in [-0.4, -0.2) is 29.9 Å². The Morgan fingerprint density at radius 3 is 2.35 bits per heavy atom. The number of carbonyl (C=O) groups excluding carboxylic acids is 2. The second kappa shape index (κ2) is 8.51. The second-order valence-electron chi connectivity index (χ2n) is 5.44. The van der Waals surface area contributed by atoms with Crippen LogP contribution in [-0.2, 0) is 9.53 Å². The number of nitrogens with zero attached hydrogens (tertiary/aromatic N) is 1. The van der Waals surface area contributed by atoms with E-state index in [9.17, 15) is 9.59 Å². The number of carbonyl (C=O) groups is 2. The Morgan fingerprint density at radius 1 is 1.04 bits per heavy atom. The highest BCUT2D eigenvalue weighted by Crippen LogP contribution is 2.32. The maximum atomic E-state index is 12.9. The number of ketones is 1. The molecule has 2 aromatic carbocycles. The molecular formula is C20H18N2O3S. The number of hydrogen-bond acceptors (Lipinski definition) is 5. The van der Waals surface area contributed by atoms with Crippen LogP contribution in [0.4, 0.5) is 5.13 Å². The third-order valence-corrected chi connectivity index (χ3v) is 4.57. The van der Waals surface area contributed by atoms with E-state index in [1.807, 2.05) is 55.5 Å². The number of ether oxygens (including phenoxy) is 1. The predicted molar refractivity (Wildman–Crippen MR) is 103 cm³/mol. The summed E-state index contributed by atoms with van der Waals surface area (Å²) in [5.41, 5.74) is 1.98. The molecule has 6 heteroatoms. The number of hydrogen-bond donors (Lipinski definition) is 1. The van der Waals surface area contributed by atoms with Gasteiger partial charge in [0.2, 0.25) is 5.78 Å². The quantitative estimate of drug-likeness (QED) is 0.642. The third kappa shape index (κ3) is 4.22. The molecule has 3 rings (SSSR count). The van der Waals surface area contributed by atoms with Gasteiger partial charge in [0.1, 0.15) is 11.5 Å². The van der Waals surface area contributed by atoms with E-state index >= 15 is 0 Å². The Kier molecular flexibility index (Phi) is 5.88. The SMILES string of the molecule is CCOCC(=O)Nc1nc(-c2ccccc2)c(C(=O)c2ccccc2)s1. The number of aromatic nitrogens is 1. The van der Waals surface area contributed by atoms with Gasteiger partial charge in [-0.1, -0.05) is 72.0 Å². The van der Waals surface area contributed by atoms with E-state index < -0.39 is 0 Å². The van der Waals surface area contributed by atoms with Gasteiger partial charge >= 0.3 is 0 Å². The number of nitrogens with one attached hydrogen (secondary N) is 1. The van der Waals surface area contributed by atoms with Gasteiger partial charge in [-0.3, -0.25) is 14.9 Å². The van der Waals surface area contributed by atoms with Crippen molar-refractivity contribution in [2.45, 2.75) is 6.92 Å². The van der Waals surface area contributed by atoms with Crippen LogP contribution in [0.2, 0.25) is 0 Å². The van der Waals surface area contributed by atoms with Crippen molar-refractivity contribution in [3.05, 3.63) is 71.1 Å². The topological polar surface area (TPSA) is 68.3 Å². The van der Waals surface area contributed by atoms with E-state index in [1.165, 1.54) is 11.3 Å². The summed E-state index contributed by atoms with van der Waals surface area (Å²) in [7, 11) is 0. The minimum absolute atomic E-state index is 0.0429. The van der Waals surface area contributed by atoms with Crippen molar-refractivity contribution in [3.8, 4) is 11.3 Å². The Hall–Kier alpha value is -2.83. The van der Waals surface area contributed by atoms with Gasteiger partial charge in [0.15, 0.2) is 5.13 Å². The van der Waals surface area contributed by atoms with Crippen molar-refractivity contribution in [2.24, 2.45) is 0 Å². The fourth-order valence-corrected chi connectivity index (χ4v) is 3.36. The van der Waals surface area contributed by atoms with E-state index in [2.05, 4.69) is 10.3 Å². The fraction of sp³-hybridized carbons (Fsp3) is 0.150. The largest absolute Gasteiger partial charge is 0.372 e. The van der Waals surface area contributed by atoms with Crippen molar-refractivity contribution in [2.75, 3.05) is 18.5 Å². The minimum Gasteiger partial charge on any atom is -0.372 e. The molecule has 132 valence electrons. The van der Waals surface area contributed by atoms with Gasteiger partial charge in [0, 0.05) is 17.7 Å². The molecule has 0 aliphatic heterocycles. The summed E-state index contributed by atoms with van der Waals surface area (Å²) in [5.74, 6) is -0.411. The molecule has 0 spiro atoms. The minimum atomic E-state index is -0.293. The average molecular weight is 366 g/mol. The van der Waals surface area contributed by atoms with Crippen LogP contribution in [0.5, 0.6) is 0 Å². The smallest absolute Gasteiger partial charge is 0.252 e. The molecule has 1 amide bonds. The van der Waals surface area contributed by atoms with Crippen LogP contribution in [0, 0.1) is 0 Å². The number of amides is 1. The Labute approximate surface area is 155 Å². The molecule has 0 unspecified atom stereocenters. The van der Waals surface area contributed by atoms with Gasteiger partial charge in [-0.2, -0.15) is 0 Å². The molecule has 0 radical (unpaired) electrons. The molecular weight excluding hydrogens is 348 g/mol. The monoisotopic (exact) mass is 366 g/mol. The Morgan fingerprint density at radius 2 is 1.69 bits per heavy atom. The summed E-state index contributed by atoms with van der Waals surface area (Å²) < 4.78 is 5.10. The molecule has 0 saturated heterocycles. The van der Waals surface area contributed by atoms with Gasteiger partial charge in [0.25, 0.3) is 5.91 Å². The first-order valence-corrected chi connectivity index (χ1v) is 9.04. The van der Waals surface area contributed by atoms with Gasteiger partial charge < -0.3 is 4.74 Å². The summed E-state index contributed by atoms with van der Waals surface area (Å²) in [6.45, 7) is 2.23. The lowest BCUT2D eigenvalue weighted by atomic mass is 10.1. The zero-order valence-electron chi connectivity index (χ0n) is 14.3. The van der Waals surface area contributed by atoms with E-state index in [4.69, 9.17) is 4.74 Å². The zero-order chi connectivity index (χ0) is 18.4. The molecule has 0 saturated carbocycles. The average Bonchev–Trinajstić information content (AvgIpc) is 3.10. The molecule has 1 N–H and O–H groups in total. The van der Waals surface area contributed by atoms with Crippen LogP contribution in [0.1, 0.15) is 22.2 Å². The zero-order valence-corrected chi connectivity index (χ0v) is 15.1. The Balaban J connectivity index is 1.96. The lowest BCUT2D eigenvalue weighted by Gasteiger charge is -2.02. The van der Waals surface area contributed by atoms with Gasteiger partial charge in [-0.25, -0.2) is 4.98 Å². The summed E-state index contributed by atoms with van der Waals surface area (Å²) in [6.07, 6.45) is 0. The van der Waals surface area contributed by atoms with Crippen molar-refractivity contribution < 1.29 is 14.3 Å². The van der Waals surface area contributed by atoms with E-state index in [-0.39, 0.29) is 18.3 Å². The molecule has 1 heterocycles. The number of benzene rings is 2. The van der Waals surface area contributed by atoms with Crippen LogP contribution in [0.25, 0.3) is 11.3 Å². The summed E-state index contributed by atoms with van der Waals surface area (Å²) in [4.78, 5) is 29.8. The normalized spacial score (nSPS) is 10.5. The molecule has 5 nitrogen and oxygen atoms in total. The van der Waals surface area contributed by atoms with Crippen LogP contribution >= 0.6 is 11.3 Å². The third-order valence-electron chi connectivity index (χ3n) is 3.60. The highest BCUT2D eigenvalue weighted by atomic mass is 32.1. The summed E-state index contributed by atoms with van der Waals surface area (Å²) >= 11 is 1.17. The van der Waals surface area contributed by atoms with Crippen LogP contribution in [0.3, 0.4) is 0 Å². The molecule has 1 aromatic heterocycles. The van der Waals surface area contributed by atoms with Gasteiger partial charge in [-0.15, -0.1) is 0 Å². The van der Waals surface area contributed by atoms with Gasteiger partial charge in [0.05, 0.1) is 5.69 Å². The molecule has 0 aliphatic rings. The number of rotatable bonds is 7. The first-order valence-electron chi connectivity index (χ1n) is 8.22. The standard InChI is InChI=1S/C20H18N2O3S/c1-2-25-13-16(23)21-20-22-17(14-9-5-3-6-10-14)19(26-20)18(24)15-11-7-4-8-12-15/h3-12H,2,13H2,1H3,(H,21,22,23). The lowest BCUT2D eigenvalue weighted by Crippen LogP contribution is -2.17. The maximum Gasteiger partial charge on any atom is 0.252 e. The van der Waals surface area contributed by atoms with Gasteiger partial charge in [-0.05, 0) is 6.92 Å². The van der Waals surface area contributed by atoms with Crippen molar-refractivity contribution >= 4 is 28.2 Å². The van der Waals surface area contributed by atoms with Crippen LogP contribution < -0.4 is 5.32 Å². The highest BCUT2D eigenvalue weighted by molar-refractivity contribution is 7.18. The van der Waals surface area contributed by atoms with Crippen LogP contribution in [0.15, 0.2) is 60.7 Å². The maximum absolute atomic E-state index is 12.9. The van der Waals surface area contributed by atoms with Crippen molar-refractivity contribution in [1.29, 1.82) is 0 Å². The van der Waals surface area contributed by atoms with Crippen molar-refractivity contribution in [1.82, 2.24) is 4.98 Å². The molecule has 0 fully saturated rings. The highest BCUT2D eigenvalue weighted by Gasteiger charge is 2.21. The Bertz CT molecular complexity index is 892. The fourth-order valence-electron chi connectivity index (χ4n) is 2.39. The first kappa shape index (κ1) is 18.0. The second-order valence-corrected chi connectivity index (χ2v) is 6.44. The van der Waals surface area contributed by atoms with Crippen molar-refractivity contribution in [3.63, 3.8) is 0 Å². The molecule has 0 bridgehead atoms. The molecule has 26 heavy (non-hydrogen) atoms. The van der Waals surface area contributed by atoms with E-state index in [0.29, 0.717) is 27.9 Å². The number of anilines is 1.